The molecule has 82 valence electrons. The number of carbonyl (C=O) groups is 2. The van der Waals surface area contributed by atoms with Crippen LogP contribution in [0, 0.1) is 0 Å². The van der Waals surface area contributed by atoms with E-state index >= 15 is 0 Å². The third kappa shape index (κ3) is 9.70. The van der Waals surface area contributed by atoms with Gasteiger partial charge in [-0.2, -0.15) is 0 Å². The highest BCUT2D eigenvalue weighted by Gasteiger charge is 2.21. The zero-order chi connectivity index (χ0) is 11.2. The van der Waals surface area contributed by atoms with Gasteiger partial charge in [-0.25, -0.2) is 4.79 Å². The molecule has 0 spiro atoms. The fourth-order valence-corrected chi connectivity index (χ4v) is 0.544. The first-order valence-corrected chi connectivity index (χ1v) is 4.70. The smallest absolute Gasteiger partial charge is 0.404 e. The molecule has 8 heteroatoms. The number of halogens is 3. The Morgan fingerprint density at radius 1 is 1.57 bits per heavy atom. The molecular formula is C6H9Cl3N2O3. The lowest BCUT2D eigenvalue weighted by Crippen LogP contribution is -2.37. The Morgan fingerprint density at radius 2 is 2.00 bits per heavy atom. The number of ether oxygens (including phenoxy) is 1. The van der Waals surface area contributed by atoms with E-state index in [9.17, 15) is 9.59 Å². The zero-order valence-corrected chi connectivity index (χ0v) is 9.33. The van der Waals surface area contributed by atoms with Gasteiger partial charge < -0.3 is 15.8 Å². The lowest BCUT2D eigenvalue weighted by molar-refractivity contribution is -0.125. The van der Waals surface area contributed by atoms with E-state index in [1.165, 1.54) is 0 Å². The number of β-lactam (4-membered cyclic amide) rings is 1. The summed E-state index contributed by atoms with van der Waals surface area (Å²) in [6.07, 6.45) is -0.221. The standard InChI is InChI=1S/C3H4Cl3NO2.C3H5NO/c4-3(5,6)1-9-2(7)8;5-3-1-2-4-3/h1H2,(H2,7,8);1-2H2,(H,4,5). The first-order chi connectivity index (χ1) is 6.31. The summed E-state index contributed by atoms with van der Waals surface area (Å²) in [5, 5.41) is 2.57. The maximum atomic E-state index is 9.87. The molecule has 0 atom stereocenters. The summed E-state index contributed by atoms with van der Waals surface area (Å²) in [5.74, 6) is 0.185. The molecule has 0 aliphatic carbocycles. The molecule has 0 aromatic heterocycles. The highest BCUT2D eigenvalue weighted by Crippen LogP contribution is 2.25. The molecule has 0 aromatic rings. The van der Waals surface area contributed by atoms with Crippen LogP contribution in [0.5, 0.6) is 0 Å². The molecule has 1 saturated heterocycles. The van der Waals surface area contributed by atoms with Gasteiger partial charge in [-0.15, -0.1) is 0 Å². The maximum Gasteiger partial charge on any atom is 0.404 e. The van der Waals surface area contributed by atoms with Gasteiger partial charge >= 0.3 is 6.09 Å². The van der Waals surface area contributed by atoms with E-state index in [-0.39, 0.29) is 12.5 Å². The monoisotopic (exact) mass is 262 g/mol. The minimum atomic E-state index is -1.57. The molecule has 3 N–H and O–H groups in total. The van der Waals surface area contributed by atoms with E-state index < -0.39 is 9.89 Å². The molecule has 1 fully saturated rings. The van der Waals surface area contributed by atoms with Crippen molar-refractivity contribution in [2.75, 3.05) is 13.2 Å². The Hall–Kier alpha value is -0.390. The third-order valence-electron chi connectivity index (χ3n) is 1.05. The number of carbonyl (C=O) groups excluding carboxylic acids is 2. The van der Waals surface area contributed by atoms with Gasteiger partial charge in [-0.05, 0) is 0 Å². The number of hydrogen-bond donors (Lipinski definition) is 2. The topological polar surface area (TPSA) is 81.4 Å². The van der Waals surface area contributed by atoms with Crippen molar-refractivity contribution in [1.82, 2.24) is 5.32 Å². The van der Waals surface area contributed by atoms with E-state index in [2.05, 4.69) is 15.8 Å². The molecule has 0 unspecified atom stereocenters. The molecule has 14 heavy (non-hydrogen) atoms. The van der Waals surface area contributed by atoms with Gasteiger partial charge in [0.1, 0.15) is 6.61 Å². The van der Waals surface area contributed by atoms with Gasteiger partial charge in [0, 0.05) is 13.0 Å². The van der Waals surface area contributed by atoms with Gasteiger partial charge in [-0.1, -0.05) is 34.8 Å². The van der Waals surface area contributed by atoms with Crippen molar-refractivity contribution in [2.45, 2.75) is 10.2 Å². The highest BCUT2D eigenvalue weighted by molar-refractivity contribution is 6.67. The van der Waals surface area contributed by atoms with Crippen LogP contribution in [0.2, 0.25) is 0 Å². The summed E-state index contributed by atoms with van der Waals surface area (Å²) in [4.78, 5) is 19.7. The molecule has 1 rings (SSSR count). The van der Waals surface area contributed by atoms with E-state index in [1.54, 1.807) is 0 Å². The second-order valence-electron chi connectivity index (χ2n) is 2.32. The number of primary amides is 1. The van der Waals surface area contributed by atoms with Crippen molar-refractivity contribution in [3.63, 3.8) is 0 Å². The lowest BCUT2D eigenvalue weighted by atomic mass is 10.3. The van der Waals surface area contributed by atoms with Gasteiger partial charge in [0.2, 0.25) is 9.70 Å². The van der Waals surface area contributed by atoms with Crippen LogP contribution >= 0.6 is 34.8 Å². The van der Waals surface area contributed by atoms with Crippen LogP contribution in [0.3, 0.4) is 0 Å². The number of alkyl halides is 3. The molecular weight excluding hydrogens is 254 g/mol. The molecule has 0 radical (unpaired) electrons. The minimum absolute atomic E-state index is 0.185. The number of nitrogens with one attached hydrogen (secondary N) is 1. The van der Waals surface area contributed by atoms with Crippen LogP contribution in [-0.2, 0) is 9.53 Å². The molecule has 5 nitrogen and oxygen atoms in total. The quantitative estimate of drug-likeness (QED) is 0.546. The van der Waals surface area contributed by atoms with Crippen molar-refractivity contribution in [2.24, 2.45) is 5.73 Å². The van der Waals surface area contributed by atoms with Crippen molar-refractivity contribution in [1.29, 1.82) is 0 Å². The fourth-order valence-electron chi connectivity index (χ4n) is 0.380. The lowest BCUT2D eigenvalue weighted by Gasteiger charge is -2.10. The van der Waals surface area contributed by atoms with Crippen LogP contribution < -0.4 is 11.1 Å². The zero-order valence-electron chi connectivity index (χ0n) is 7.06. The Morgan fingerprint density at radius 3 is 2.07 bits per heavy atom. The molecule has 0 bridgehead atoms. The highest BCUT2D eigenvalue weighted by atomic mass is 35.6. The maximum absolute atomic E-state index is 9.87. The Bertz CT molecular complexity index is 211. The minimum Gasteiger partial charge on any atom is -0.445 e. The van der Waals surface area contributed by atoms with Crippen LogP contribution in [0.4, 0.5) is 4.79 Å². The van der Waals surface area contributed by atoms with Crippen LogP contribution in [0.1, 0.15) is 6.42 Å². The second-order valence-corrected chi connectivity index (χ2v) is 4.84. The summed E-state index contributed by atoms with van der Waals surface area (Å²) in [6.45, 7) is 0.561. The van der Waals surface area contributed by atoms with Gasteiger partial charge in [-0.3, -0.25) is 4.79 Å². The molecule has 0 saturated carbocycles. The largest absolute Gasteiger partial charge is 0.445 e. The van der Waals surface area contributed by atoms with Crippen molar-refractivity contribution in [3.8, 4) is 0 Å². The Kier molecular flexibility index (Phi) is 5.99. The number of nitrogens with two attached hydrogens (primary N) is 1. The van der Waals surface area contributed by atoms with Crippen LogP contribution in [0.25, 0.3) is 0 Å². The third-order valence-corrected chi connectivity index (χ3v) is 1.38. The number of amides is 2. The van der Waals surface area contributed by atoms with Crippen LogP contribution in [-0.4, -0.2) is 28.9 Å². The SMILES string of the molecule is NC(=O)OCC(Cl)(Cl)Cl.O=C1CCN1. The molecule has 1 heterocycles. The van der Waals surface area contributed by atoms with Crippen molar-refractivity contribution >= 4 is 46.8 Å². The Balaban J connectivity index is 0.000000280. The van der Waals surface area contributed by atoms with E-state index in [0.717, 1.165) is 13.0 Å². The van der Waals surface area contributed by atoms with Gasteiger partial charge in [0.05, 0.1) is 0 Å². The summed E-state index contributed by atoms with van der Waals surface area (Å²) in [6, 6.07) is 0. The average Bonchev–Trinajstić information content (AvgIpc) is 1.97. The van der Waals surface area contributed by atoms with Gasteiger partial charge in [0.25, 0.3) is 0 Å². The summed E-state index contributed by atoms with van der Waals surface area (Å²) in [5.41, 5.74) is 4.56. The predicted octanol–water partition coefficient (Wildman–Crippen LogP) is 0.958. The summed E-state index contributed by atoms with van der Waals surface area (Å²) in [7, 11) is 0. The number of rotatable bonds is 1. The predicted molar refractivity (Wildman–Crippen MR) is 53.5 cm³/mol. The first-order valence-electron chi connectivity index (χ1n) is 3.57. The first kappa shape index (κ1) is 13.6. The van der Waals surface area contributed by atoms with E-state index in [0.29, 0.717) is 0 Å². The van der Waals surface area contributed by atoms with Crippen LogP contribution in [0.15, 0.2) is 0 Å². The molecule has 1 aliphatic rings. The number of hydrogen-bond acceptors (Lipinski definition) is 3. The normalized spacial score (nSPS) is 14.4. The van der Waals surface area contributed by atoms with Crippen molar-refractivity contribution < 1.29 is 14.3 Å². The van der Waals surface area contributed by atoms with E-state index in [4.69, 9.17) is 34.8 Å². The second kappa shape index (κ2) is 6.16. The molecule has 2 amide bonds. The molecule has 0 aromatic carbocycles. The van der Waals surface area contributed by atoms with Crippen molar-refractivity contribution in [3.05, 3.63) is 0 Å². The molecule has 1 aliphatic heterocycles. The summed E-state index contributed by atoms with van der Waals surface area (Å²) < 4.78 is 2.57. The summed E-state index contributed by atoms with van der Waals surface area (Å²) >= 11 is 15.5. The van der Waals surface area contributed by atoms with Gasteiger partial charge in [0.15, 0.2) is 0 Å². The fraction of sp³-hybridized carbons (Fsp3) is 0.667. The average molecular weight is 264 g/mol. The van der Waals surface area contributed by atoms with E-state index in [1.807, 2.05) is 0 Å². The Labute approximate surface area is 95.8 Å².